The van der Waals surface area contributed by atoms with Gasteiger partial charge < -0.3 is 4.74 Å². The summed E-state index contributed by atoms with van der Waals surface area (Å²) in [7, 11) is 1.60. The maximum absolute atomic E-state index is 12.3. The van der Waals surface area contributed by atoms with Gasteiger partial charge in [-0.25, -0.2) is 4.98 Å². The molecule has 0 aliphatic heterocycles. The van der Waals surface area contributed by atoms with Crippen LogP contribution in [-0.2, 0) is 6.54 Å². The lowest BCUT2D eigenvalue weighted by molar-refractivity contribution is -0.142. The lowest BCUT2D eigenvalue weighted by atomic mass is 10.2. The molecule has 6 nitrogen and oxygen atoms in total. The number of hydrogen-bond acceptors (Lipinski definition) is 6. The van der Waals surface area contributed by atoms with Gasteiger partial charge in [-0.3, -0.25) is 10.1 Å². The zero-order valence-corrected chi connectivity index (χ0v) is 14.4. The number of alkyl halides is 3. The van der Waals surface area contributed by atoms with Gasteiger partial charge in [0.2, 0.25) is 5.13 Å². The fourth-order valence-electron chi connectivity index (χ4n) is 2.09. The molecule has 0 saturated heterocycles. The molecule has 3 rings (SSSR count). The van der Waals surface area contributed by atoms with Gasteiger partial charge in [0.05, 0.1) is 19.0 Å². The molecule has 2 heterocycles. The number of aromatic nitrogens is 3. The van der Waals surface area contributed by atoms with Crippen molar-refractivity contribution in [3.8, 4) is 17.0 Å². The first-order valence-electron chi connectivity index (χ1n) is 7.42. The quantitative estimate of drug-likeness (QED) is 0.517. The number of thiazole rings is 1. The van der Waals surface area contributed by atoms with Gasteiger partial charge in [-0.05, 0) is 30.3 Å². The zero-order valence-electron chi connectivity index (χ0n) is 13.6. The van der Waals surface area contributed by atoms with Crippen LogP contribution in [0, 0.1) is 0 Å². The lowest BCUT2D eigenvalue weighted by Gasteiger charge is -2.04. The number of hydrogen-bond donors (Lipinski definition) is 1. The zero-order chi connectivity index (χ0) is 18.6. The highest BCUT2D eigenvalue weighted by Gasteiger charge is 2.28. The van der Waals surface area contributed by atoms with E-state index in [9.17, 15) is 13.2 Å². The van der Waals surface area contributed by atoms with Crippen molar-refractivity contribution >= 4 is 22.7 Å². The largest absolute Gasteiger partial charge is 0.497 e. The van der Waals surface area contributed by atoms with Crippen molar-refractivity contribution < 1.29 is 17.9 Å². The number of benzene rings is 1. The third-order valence-corrected chi connectivity index (χ3v) is 4.00. The van der Waals surface area contributed by atoms with E-state index in [1.807, 2.05) is 29.6 Å². The van der Waals surface area contributed by atoms with Crippen LogP contribution in [0.25, 0.3) is 11.3 Å². The standard InChI is InChI=1S/C16H14F3N5OS/c1-25-13-4-2-11(3-5-13)14-9-26-15(21-14)22-20-8-12-6-7-24(23-12)10-16(17,18)19/h2-9H,10H2,1H3,(H,21,22)/b20-8+. The number of ether oxygens (including phenoxy) is 1. The molecule has 0 aliphatic carbocycles. The molecule has 0 unspecified atom stereocenters. The van der Waals surface area contributed by atoms with Crippen LogP contribution in [0.2, 0.25) is 0 Å². The molecular weight excluding hydrogens is 367 g/mol. The molecule has 1 aromatic carbocycles. The van der Waals surface area contributed by atoms with Crippen molar-refractivity contribution in [1.29, 1.82) is 0 Å². The normalized spacial score (nSPS) is 11.8. The lowest BCUT2D eigenvalue weighted by Crippen LogP contribution is -2.18. The van der Waals surface area contributed by atoms with E-state index in [0.29, 0.717) is 10.8 Å². The first-order valence-corrected chi connectivity index (χ1v) is 8.30. The maximum atomic E-state index is 12.3. The fourth-order valence-corrected chi connectivity index (χ4v) is 2.76. The van der Waals surface area contributed by atoms with Gasteiger partial charge in [0.25, 0.3) is 0 Å². The van der Waals surface area contributed by atoms with Crippen molar-refractivity contribution in [2.24, 2.45) is 5.10 Å². The summed E-state index contributed by atoms with van der Waals surface area (Å²) in [4.78, 5) is 4.40. The molecule has 0 radical (unpaired) electrons. The summed E-state index contributed by atoms with van der Waals surface area (Å²) in [6, 6.07) is 8.93. The number of hydrazone groups is 1. The van der Waals surface area contributed by atoms with Crippen molar-refractivity contribution in [3.05, 3.63) is 47.6 Å². The molecule has 2 aromatic heterocycles. The molecule has 0 spiro atoms. The Bertz CT molecular complexity index is 886. The first kappa shape index (κ1) is 17.9. The highest BCUT2D eigenvalue weighted by molar-refractivity contribution is 7.14. The molecule has 0 aliphatic rings. The number of rotatable bonds is 6. The monoisotopic (exact) mass is 381 g/mol. The Hall–Kier alpha value is -2.88. The highest BCUT2D eigenvalue weighted by Crippen LogP contribution is 2.26. The number of nitrogens with zero attached hydrogens (tertiary/aromatic N) is 4. The van der Waals surface area contributed by atoms with Crippen LogP contribution in [-0.4, -0.2) is 34.3 Å². The van der Waals surface area contributed by atoms with Crippen LogP contribution in [0.4, 0.5) is 18.3 Å². The van der Waals surface area contributed by atoms with E-state index in [1.54, 1.807) is 7.11 Å². The van der Waals surface area contributed by atoms with E-state index in [4.69, 9.17) is 4.74 Å². The topological polar surface area (TPSA) is 64.3 Å². The number of anilines is 1. The molecule has 136 valence electrons. The Balaban J connectivity index is 1.60. The second-order valence-corrected chi connectivity index (χ2v) is 6.05. The summed E-state index contributed by atoms with van der Waals surface area (Å²) in [6.07, 6.45) is -1.72. The van der Waals surface area contributed by atoms with Crippen LogP contribution in [0.5, 0.6) is 5.75 Å². The molecular formula is C16H14F3N5OS. The van der Waals surface area contributed by atoms with Gasteiger partial charge >= 0.3 is 6.18 Å². The van der Waals surface area contributed by atoms with Crippen molar-refractivity contribution in [1.82, 2.24) is 14.8 Å². The van der Waals surface area contributed by atoms with Gasteiger partial charge in [-0.1, -0.05) is 0 Å². The number of methoxy groups -OCH3 is 1. The minimum Gasteiger partial charge on any atom is -0.497 e. The number of nitrogens with one attached hydrogen (secondary N) is 1. The number of halogens is 3. The molecule has 0 bridgehead atoms. The van der Waals surface area contributed by atoms with E-state index in [-0.39, 0.29) is 0 Å². The predicted octanol–water partition coefficient (Wildman–Crippen LogP) is 4.02. The molecule has 0 amide bonds. The van der Waals surface area contributed by atoms with Gasteiger partial charge in [0.1, 0.15) is 18.0 Å². The molecule has 1 N–H and O–H groups in total. The highest BCUT2D eigenvalue weighted by atomic mass is 32.1. The van der Waals surface area contributed by atoms with Gasteiger partial charge in [-0.2, -0.15) is 23.4 Å². The second-order valence-electron chi connectivity index (χ2n) is 5.19. The van der Waals surface area contributed by atoms with Crippen molar-refractivity contribution in [2.45, 2.75) is 12.7 Å². The molecule has 26 heavy (non-hydrogen) atoms. The van der Waals surface area contributed by atoms with Gasteiger partial charge in [-0.15, -0.1) is 11.3 Å². The second kappa shape index (κ2) is 7.56. The average Bonchev–Trinajstić information content (AvgIpc) is 3.23. The molecule has 0 atom stereocenters. The Kier molecular flexibility index (Phi) is 5.21. The smallest absolute Gasteiger partial charge is 0.408 e. The van der Waals surface area contributed by atoms with Crippen LogP contribution < -0.4 is 10.2 Å². The van der Waals surface area contributed by atoms with Gasteiger partial charge in [0, 0.05) is 17.1 Å². The summed E-state index contributed by atoms with van der Waals surface area (Å²) in [5, 5.41) is 10.2. The third kappa shape index (κ3) is 4.82. The average molecular weight is 381 g/mol. The SMILES string of the molecule is COc1ccc(-c2csc(N/N=C/c3ccn(CC(F)(F)F)n3)n2)cc1. The van der Waals surface area contributed by atoms with Crippen LogP contribution in [0.1, 0.15) is 5.69 Å². The Morgan fingerprint density at radius 3 is 2.73 bits per heavy atom. The Morgan fingerprint density at radius 2 is 2.04 bits per heavy atom. The van der Waals surface area contributed by atoms with Crippen LogP contribution in [0.3, 0.4) is 0 Å². The summed E-state index contributed by atoms with van der Waals surface area (Å²) >= 11 is 1.36. The van der Waals surface area contributed by atoms with E-state index in [1.165, 1.54) is 29.8 Å². The summed E-state index contributed by atoms with van der Waals surface area (Å²) < 4.78 is 42.8. The van der Waals surface area contributed by atoms with E-state index in [0.717, 1.165) is 21.7 Å². The molecule has 0 fully saturated rings. The molecule has 0 saturated carbocycles. The molecule has 3 aromatic rings. The van der Waals surface area contributed by atoms with E-state index in [2.05, 4.69) is 20.6 Å². The summed E-state index contributed by atoms with van der Waals surface area (Å²) in [5.74, 6) is 0.761. The molecule has 10 heteroatoms. The predicted molar refractivity (Wildman–Crippen MR) is 93.6 cm³/mol. The summed E-state index contributed by atoms with van der Waals surface area (Å²) in [5.41, 5.74) is 4.78. The Morgan fingerprint density at radius 1 is 1.27 bits per heavy atom. The minimum atomic E-state index is -4.31. The van der Waals surface area contributed by atoms with Crippen LogP contribution >= 0.6 is 11.3 Å². The third-order valence-electron chi connectivity index (χ3n) is 3.25. The van der Waals surface area contributed by atoms with E-state index < -0.39 is 12.7 Å². The van der Waals surface area contributed by atoms with Gasteiger partial charge in [0.15, 0.2) is 0 Å². The first-order chi connectivity index (χ1) is 12.4. The van der Waals surface area contributed by atoms with E-state index >= 15 is 0 Å². The Labute approximate surface area is 150 Å². The van der Waals surface area contributed by atoms with Crippen molar-refractivity contribution in [2.75, 3.05) is 12.5 Å². The minimum absolute atomic E-state index is 0.314. The summed E-state index contributed by atoms with van der Waals surface area (Å²) in [6.45, 7) is -1.13. The van der Waals surface area contributed by atoms with Crippen molar-refractivity contribution in [3.63, 3.8) is 0 Å². The fraction of sp³-hybridized carbons (Fsp3) is 0.188. The van der Waals surface area contributed by atoms with Crippen LogP contribution in [0.15, 0.2) is 47.0 Å². The maximum Gasteiger partial charge on any atom is 0.408 e.